The van der Waals surface area contributed by atoms with Gasteiger partial charge < -0.3 is 15.5 Å². The number of aryl methyl sites for hydroxylation is 1. The first-order chi connectivity index (χ1) is 13.0. The van der Waals surface area contributed by atoms with Gasteiger partial charge in [-0.05, 0) is 50.5 Å². The predicted molar refractivity (Wildman–Crippen MR) is 109 cm³/mol. The van der Waals surface area contributed by atoms with E-state index in [1.165, 1.54) is 18.5 Å². The minimum absolute atomic E-state index is 0.121. The van der Waals surface area contributed by atoms with Gasteiger partial charge in [0.2, 0.25) is 5.95 Å². The molecule has 3 heterocycles. The molecule has 1 atom stereocenters. The lowest BCUT2D eigenvalue weighted by molar-refractivity contribution is 0.602. The van der Waals surface area contributed by atoms with Gasteiger partial charge in [0.25, 0.3) is 0 Å². The van der Waals surface area contributed by atoms with Gasteiger partial charge in [0, 0.05) is 42.3 Å². The highest BCUT2D eigenvalue weighted by molar-refractivity contribution is 7.91. The first-order valence-corrected chi connectivity index (χ1v) is 11.2. The summed E-state index contributed by atoms with van der Waals surface area (Å²) >= 11 is 0. The Kier molecular flexibility index (Phi) is 4.90. The summed E-state index contributed by atoms with van der Waals surface area (Å²) in [5, 5.41) is 6.48. The van der Waals surface area contributed by atoms with Crippen LogP contribution >= 0.6 is 0 Å². The Hall–Kier alpha value is -2.35. The number of rotatable bonds is 5. The Bertz CT molecular complexity index is 908. The normalized spacial score (nSPS) is 21.4. The maximum Gasteiger partial charge on any atom is 0.225 e. The van der Waals surface area contributed by atoms with Crippen molar-refractivity contribution in [2.24, 2.45) is 0 Å². The van der Waals surface area contributed by atoms with E-state index in [-0.39, 0.29) is 17.5 Å². The van der Waals surface area contributed by atoms with Crippen molar-refractivity contribution >= 4 is 33.0 Å². The number of hydrogen-bond acceptors (Lipinski definition) is 7. The fourth-order valence-corrected chi connectivity index (χ4v) is 5.34. The molecule has 1 aromatic carbocycles. The molecule has 0 aliphatic carbocycles. The van der Waals surface area contributed by atoms with E-state index in [4.69, 9.17) is 0 Å². The predicted octanol–water partition coefficient (Wildman–Crippen LogP) is 2.73. The highest BCUT2D eigenvalue weighted by Crippen LogP contribution is 2.24. The second kappa shape index (κ2) is 7.34. The summed E-state index contributed by atoms with van der Waals surface area (Å²) < 4.78 is 23.3. The lowest BCUT2D eigenvalue weighted by Crippen LogP contribution is -2.22. The van der Waals surface area contributed by atoms with E-state index in [2.05, 4.69) is 49.8 Å². The molecule has 2 fully saturated rings. The molecule has 4 rings (SSSR count). The molecule has 1 aromatic heterocycles. The number of benzene rings is 1. The molecular formula is C19H25N5O2S. The molecule has 2 saturated heterocycles. The zero-order chi connectivity index (χ0) is 18.9. The molecule has 2 aliphatic rings. The number of sulfone groups is 1. The molecule has 2 aliphatic heterocycles. The molecule has 8 heteroatoms. The molecule has 144 valence electrons. The number of nitrogens with one attached hydrogen (secondary N) is 2. The van der Waals surface area contributed by atoms with E-state index in [1.54, 1.807) is 0 Å². The third-order valence-electron chi connectivity index (χ3n) is 5.03. The summed E-state index contributed by atoms with van der Waals surface area (Å²) in [7, 11) is -2.93. The minimum Gasteiger partial charge on any atom is -0.372 e. The Morgan fingerprint density at radius 2 is 1.85 bits per heavy atom. The SMILES string of the molecule is Cc1cc(Nc2ccc(N3CCCC3)cc2)nc(NC2CCS(=O)(=O)C2)n1. The molecule has 0 radical (unpaired) electrons. The zero-order valence-electron chi connectivity index (χ0n) is 15.5. The maximum absolute atomic E-state index is 11.6. The molecule has 0 saturated carbocycles. The van der Waals surface area contributed by atoms with Crippen molar-refractivity contribution in [1.82, 2.24) is 9.97 Å². The second-order valence-corrected chi connectivity index (χ2v) is 9.56. The Balaban J connectivity index is 1.45. The average Bonchev–Trinajstić information content (AvgIpc) is 3.25. The maximum atomic E-state index is 11.6. The highest BCUT2D eigenvalue weighted by atomic mass is 32.2. The van der Waals surface area contributed by atoms with Gasteiger partial charge in [-0.25, -0.2) is 13.4 Å². The Morgan fingerprint density at radius 3 is 2.52 bits per heavy atom. The van der Waals surface area contributed by atoms with Crippen LogP contribution in [0.15, 0.2) is 30.3 Å². The van der Waals surface area contributed by atoms with E-state index >= 15 is 0 Å². The van der Waals surface area contributed by atoms with Crippen LogP contribution in [0.3, 0.4) is 0 Å². The zero-order valence-corrected chi connectivity index (χ0v) is 16.3. The number of nitrogens with zero attached hydrogens (tertiary/aromatic N) is 3. The van der Waals surface area contributed by atoms with Gasteiger partial charge in [-0.3, -0.25) is 0 Å². The fourth-order valence-electron chi connectivity index (χ4n) is 3.67. The molecule has 27 heavy (non-hydrogen) atoms. The minimum atomic E-state index is -2.93. The van der Waals surface area contributed by atoms with Crippen molar-refractivity contribution in [3.05, 3.63) is 36.0 Å². The van der Waals surface area contributed by atoms with Gasteiger partial charge in [0.05, 0.1) is 11.5 Å². The lowest BCUT2D eigenvalue weighted by atomic mass is 10.2. The van der Waals surface area contributed by atoms with Crippen LogP contribution in [0.25, 0.3) is 0 Å². The molecule has 0 amide bonds. The van der Waals surface area contributed by atoms with Crippen LogP contribution in [0.4, 0.5) is 23.1 Å². The highest BCUT2D eigenvalue weighted by Gasteiger charge is 2.28. The monoisotopic (exact) mass is 387 g/mol. The van der Waals surface area contributed by atoms with Crippen molar-refractivity contribution in [2.75, 3.05) is 40.1 Å². The summed E-state index contributed by atoms with van der Waals surface area (Å²) in [4.78, 5) is 11.3. The van der Waals surface area contributed by atoms with Gasteiger partial charge in [-0.15, -0.1) is 0 Å². The van der Waals surface area contributed by atoms with Crippen LogP contribution in [0.2, 0.25) is 0 Å². The van der Waals surface area contributed by atoms with Gasteiger partial charge in [0.1, 0.15) is 5.82 Å². The van der Waals surface area contributed by atoms with Crippen LogP contribution in [0.5, 0.6) is 0 Å². The number of anilines is 4. The van der Waals surface area contributed by atoms with E-state index < -0.39 is 9.84 Å². The van der Waals surface area contributed by atoms with Crippen LogP contribution in [0.1, 0.15) is 25.0 Å². The van der Waals surface area contributed by atoms with Crippen LogP contribution in [-0.2, 0) is 9.84 Å². The molecule has 2 aromatic rings. The van der Waals surface area contributed by atoms with Crippen LogP contribution < -0.4 is 15.5 Å². The van der Waals surface area contributed by atoms with Gasteiger partial charge in [-0.2, -0.15) is 4.98 Å². The summed E-state index contributed by atoms with van der Waals surface area (Å²) in [6.45, 7) is 4.16. The fraction of sp³-hybridized carbons (Fsp3) is 0.474. The second-order valence-electron chi connectivity index (χ2n) is 7.33. The summed E-state index contributed by atoms with van der Waals surface area (Å²) in [6, 6.07) is 10.1. The largest absolute Gasteiger partial charge is 0.372 e. The molecule has 7 nitrogen and oxygen atoms in total. The van der Waals surface area contributed by atoms with Crippen LogP contribution in [0, 0.1) is 6.92 Å². The van der Waals surface area contributed by atoms with Crippen molar-refractivity contribution in [1.29, 1.82) is 0 Å². The van der Waals surface area contributed by atoms with E-state index in [9.17, 15) is 8.42 Å². The van der Waals surface area contributed by atoms with Crippen molar-refractivity contribution < 1.29 is 8.42 Å². The molecular weight excluding hydrogens is 362 g/mol. The molecule has 1 unspecified atom stereocenters. The third kappa shape index (κ3) is 4.50. The quantitative estimate of drug-likeness (QED) is 0.816. The van der Waals surface area contributed by atoms with Crippen molar-refractivity contribution in [2.45, 2.75) is 32.2 Å². The smallest absolute Gasteiger partial charge is 0.225 e. The van der Waals surface area contributed by atoms with E-state index in [0.29, 0.717) is 18.2 Å². The van der Waals surface area contributed by atoms with Crippen molar-refractivity contribution in [3.63, 3.8) is 0 Å². The van der Waals surface area contributed by atoms with E-state index in [0.717, 1.165) is 24.5 Å². The lowest BCUT2D eigenvalue weighted by Gasteiger charge is -2.18. The van der Waals surface area contributed by atoms with Gasteiger partial charge >= 0.3 is 0 Å². The topological polar surface area (TPSA) is 87.2 Å². The number of aromatic nitrogens is 2. The van der Waals surface area contributed by atoms with Gasteiger partial charge in [-0.1, -0.05) is 0 Å². The Morgan fingerprint density at radius 1 is 1.11 bits per heavy atom. The average molecular weight is 388 g/mol. The summed E-state index contributed by atoms with van der Waals surface area (Å²) in [5.74, 6) is 1.53. The summed E-state index contributed by atoms with van der Waals surface area (Å²) in [5.41, 5.74) is 3.04. The van der Waals surface area contributed by atoms with Crippen LogP contribution in [-0.4, -0.2) is 49.0 Å². The van der Waals surface area contributed by atoms with E-state index in [1.807, 2.05) is 13.0 Å². The molecule has 0 spiro atoms. The standard InChI is InChI=1S/C19H25N5O2S/c1-14-12-18(23-19(20-14)22-16-8-11-27(25,26)13-16)21-15-4-6-17(7-5-15)24-9-2-3-10-24/h4-7,12,16H,2-3,8-11,13H2,1H3,(H2,20,21,22,23). The van der Waals surface area contributed by atoms with Gasteiger partial charge in [0.15, 0.2) is 9.84 Å². The molecule has 0 bridgehead atoms. The summed E-state index contributed by atoms with van der Waals surface area (Å²) in [6.07, 6.45) is 3.12. The first kappa shape index (κ1) is 18.0. The first-order valence-electron chi connectivity index (χ1n) is 9.42. The van der Waals surface area contributed by atoms with Crippen molar-refractivity contribution in [3.8, 4) is 0 Å². The molecule has 2 N–H and O–H groups in total. The number of hydrogen-bond donors (Lipinski definition) is 2. The third-order valence-corrected chi connectivity index (χ3v) is 6.80. The Labute approximate surface area is 160 Å².